The molecule has 2 aliphatic rings. The van der Waals surface area contributed by atoms with Gasteiger partial charge in [-0.1, -0.05) is 56.5 Å². The first kappa shape index (κ1) is 28.4. The largest absolute Gasteiger partial charge is 0.444 e. The van der Waals surface area contributed by atoms with Crippen molar-refractivity contribution in [3.05, 3.63) is 35.9 Å². The molecule has 2 fully saturated rings. The van der Waals surface area contributed by atoms with Crippen LogP contribution in [0.25, 0.3) is 0 Å². The van der Waals surface area contributed by atoms with E-state index in [0.717, 1.165) is 37.7 Å². The Hall–Kier alpha value is -2.22. The molecule has 3 amide bonds. The maximum Gasteiger partial charge on any atom is 0.408 e. The highest BCUT2D eigenvalue weighted by atomic mass is 32.2. The van der Waals surface area contributed by atoms with Gasteiger partial charge in [0, 0.05) is 12.1 Å². The Morgan fingerprint density at radius 2 is 1.75 bits per heavy atom. The van der Waals surface area contributed by atoms with Crippen molar-refractivity contribution in [2.24, 2.45) is 5.92 Å². The van der Waals surface area contributed by atoms with Gasteiger partial charge in [0.1, 0.15) is 17.7 Å². The number of carbonyl (C=O) groups is 3. The quantitative estimate of drug-likeness (QED) is 0.453. The summed E-state index contributed by atoms with van der Waals surface area (Å²) >= 11 is 1.62. The fraction of sp³-hybridized carbons (Fsp3) is 0.679. The number of benzene rings is 1. The van der Waals surface area contributed by atoms with Crippen molar-refractivity contribution in [2.75, 3.05) is 12.0 Å². The molecule has 0 aliphatic heterocycles. The smallest absolute Gasteiger partial charge is 0.408 e. The number of hydrogen-bond acceptors (Lipinski definition) is 5. The molecule has 200 valence electrons. The molecule has 3 rings (SSSR count). The number of thioether (sulfide) groups is 1. The van der Waals surface area contributed by atoms with Crippen LogP contribution >= 0.6 is 11.8 Å². The van der Waals surface area contributed by atoms with Crippen molar-refractivity contribution in [2.45, 2.75) is 102 Å². The summed E-state index contributed by atoms with van der Waals surface area (Å²) in [6, 6.07) is 8.12. The molecule has 1 aromatic rings. The zero-order chi connectivity index (χ0) is 26.3. The molecule has 0 spiro atoms. The lowest BCUT2D eigenvalue weighted by Gasteiger charge is -2.36. The van der Waals surface area contributed by atoms with Crippen LogP contribution in [0.4, 0.5) is 4.79 Å². The van der Waals surface area contributed by atoms with Crippen molar-refractivity contribution in [3.8, 4) is 0 Å². The summed E-state index contributed by atoms with van der Waals surface area (Å²) in [5.41, 5.74) is 0.119. The summed E-state index contributed by atoms with van der Waals surface area (Å²) in [6.07, 6.45) is 8.02. The number of rotatable bonds is 10. The second-order valence-corrected chi connectivity index (χ2v) is 12.1. The maximum absolute atomic E-state index is 14.2. The summed E-state index contributed by atoms with van der Waals surface area (Å²) in [6.45, 7) is 7.49. The molecular formula is C28H43N3O4S. The van der Waals surface area contributed by atoms with Gasteiger partial charge in [-0.25, -0.2) is 4.79 Å². The minimum absolute atomic E-state index is 0.0444. The Labute approximate surface area is 220 Å². The summed E-state index contributed by atoms with van der Waals surface area (Å²) < 4.78 is 5.46. The number of hydrogen-bond donors (Lipinski definition) is 2. The molecule has 0 saturated heterocycles. The minimum Gasteiger partial charge on any atom is -0.444 e. The summed E-state index contributed by atoms with van der Waals surface area (Å²) in [7, 11) is 0. The minimum atomic E-state index is -0.770. The molecule has 7 nitrogen and oxygen atoms in total. The molecule has 2 aliphatic carbocycles. The maximum atomic E-state index is 14.2. The normalized spacial score (nSPS) is 21.7. The lowest BCUT2D eigenvalue weighted by molar-refractivity contribution is -0.143. The fourth-order valence-electron chi connectivity index (χ4n) is 4.90. The highest BCUT2D eigenvalue weighted by Gasteiger charge is 2.48. The number of carbonyl (C=O) groups excluding carboxylic acids is 3. The van der Waals surface area contributed by atoms with Gasteiger partial charge in [0.15, 0.2) is 0 Å². The van der Waals surface area contributed by atoms with Crippen LogP contribution in [0.2, 0.25) is 0 Å². The SMILES string of the molecule is CSCCC(NC(=O)OC(C)(C)C)C(=O)N(C(C(=O)NC1CCCCC1)c1ccccc1)C1CC1C. The van der Waals surface area contributed by atoms with E-state index >= 15 is 0 Å². The molecule has 1 aromatic carbocycles. The van der Waals surface area contributed by atoms with E-state index in [1.165, 1.54) is 6.42 Å². The van der Waals surface area contributed by atoms with Gasteiger partial charge in [0.25, 0.3) is 0 Å². The van der Waals surface area contributed by atoms with Crippen LogP contribution in [0.1, 0.15) is 84.2 Å². The zero-order valence-electron chi connectivity index (χ0n) is 22.4. The second-order valence-electron chi connectivity index (χ2n) is 11.2. The van der Waals surface area contributed by atoms with Crippen LogP contribution < -0.4 is 10.6 Å². The predicted molar refractivity (Wildman–Crippen MR) is 145 cm³/mol. The van der Waals surface area contributed by atoms with Gasteiger partial charge in [-0.05, 0) is 69.9 Å². The first-order valence-electron chi connectivity index (χ1n) is 13.3. The molecule has 0 heterocycles. The number of ether oxygens (including phenoxy) is 1. The lowest BCUT2D eigenvalue weighted by Crippen LogP contribution is -2.55. The van der Waals surface area contributed by atoms with E-state index in [1.807, 2.05) is 36.6 Å². The average molecular weight is 518 g/mol. The van der Waals surface area contributed by atoms with E-state index in [-0.39, 0.29) is 23.9 Å². The predicted octanol–water partition coefficient (Wildman–Crippen LogP) is 5.06. The van der Waals surface area contributed by atoms with Gasteiger partial charge in [0.05, 0.1) is 0 Å². The van der Waals surface area contributed by atoms with E-state index in [1.54, 1.807) is 37.4 Å². The Balaban J connectivity index is 1.91. The molecule has 2 saturated carbocycles. The van der Waals surface area contributed by atoms with E-state index < -0.39 is 23.8 Å². The fourth-order valence-corrected chi connectivity index (χ4v) is 5.37. The van der Waals surface area contributed by atoms with Gasteiger partial charge in [-0.2, -0.15) is 11.8 Å². The van der Waals surface area contributed by atoms with Gasteiger partial charge >= 0.3 is 6.09 Å². The lowest BCUT2D eigenvalue weighted by atomic mass is 9.94. The van der Waals surface area contributed by atoms with Gasteiger partial charge in [0.2, 0.25) is 11.8 Å². The van der Waals surface area contributed by atoms with Crippen LogP contribution in [0.3, 0.4) is 0 Å². The van der Waals surface area contributed by atoms with Crippen LogP contribution in [0, 0.1) is 5.92 Å². The van der Waals surface area contributed by atoms with Gasteiger partial charge < -0.3 is 20.3 Å². The number of nitrogens with zero attached hydrogens (tertiary/aromatic N) is 1. The third kappa shape index (κ3) is 8.15. The second kappa shape index (κ2) is 12.8. The molecule has 4 unspecified atom stereocenters. The number of nitrogens with one attached hydrogen (secondary N) is 2. The molecule has 2 N–H and O–H groups in total. The van der Waals surface area contributed by atoms with Crippen LogP contribution in [-0.2, 0) is 14.3 Å². The van der Waals surface area contributed by atoms with Crippen molar-refractivity contribution in [1.29, 1.82) is 0 Å². The summed E-state index contributed by atoms with van der Waals surface area (Å²) in [4.78, 5) is 42.4. The Morgan fingerprint density at radius 1 is 1.11 bits per heavy atom. The summed E-state index contributed by atoms with van der Waals surface area (Å²) in [5, 5.41) is 6.07. The first-order valence-corrected chi connectivity index (χ1v) is 14.7. The van der Waals surface area contributed by atoms with Crippen LogP contribution in [0.5, 0.6) is 0 Å². The van der Waals surface area contributed by atoms with E-state index in [2.05, 4.69) is 17.6 Å². The number of alkyl carbamates (subject to hydrolysis) is 1. The van der Waals surface area contributed by atoms with E-state index in [4.69, 9.17) is 4.74 Å². The Morgan fingerprint density at radius 3 is 2.31 bits per heavy atom. The molecule has 0 bridgehead atoms. The highest BCUT2D eigenvalue weighted by molar-refractivity contribution is 7.98. The first-order chi connectivity index (χ1) is 17.1. The molecular weight excluding hydrogens is 474 g/mol. The van der Waals surface area contributed by atoms with E-state index in [9.17, 15) is 14.4 Å². The zero-order valence-corrected chi connectivity index (χ0v) is 23.2. The van der Waals surface area contributed by atoms with Crippen molar-refractivity contribution < 1.29 is 19.1 Å². The Kier molecular flexibility index (Phi) is 10.1. The third-order valence-electron chi connectivity index (χ3n) is 6.87. The average Bonchev–Trinajstić information content (AvgIpc) is 3.55. The topological polar surface area (TPSA) is 87.7 Å². The molecule has 4 atom stereocenters. The Bertz CT molecular complexity index is 883. The van der Waals surface area contributed by atoms with Crippen molar-refractivity contribution in [1.82, 2.24) is 15.5 Å². The standard InChI is InChI=1S/C28H43N3O4S/c1-19-18-23(19)31(26(33)22(16-17-36-5)30-27(34)35-28(2,3)4)24(20-12-8-6-9-13-20)25(32)29-21-14-10-7-11-15-21/h6,8-9,12-13,19,21-24H,7,10-11,14-18H2,1-5H3,(H,29,32)(H,30,34). The molecule has 0 radical (unpaired) electrons. The van der Waals surface area contributed by atoms with Crippen LogP contribution in [0.15, 0.2) is 30.3 Å². The number of amides is 3. The van der Waals surface area contributed by atoms with Gasteiger partial charge in [-0.3, -0.25) is 9.59 Å². The molecule has 36 heavy (non-hydrogen) atoms. The van der Waals surface area contributed by atoms with Crippen molar-refractivity contribution >= 4 is 29.7 Å². The highest BCUT2D eigenvalue weighted by Crippen LogP contribution is 2.41. The van der Waals surface area contributed by atoms with E-state index in [0.29, 0.717) is 18.1 Å². The van der Waals surface area contributed by atoms with Gasteiger partial charge in [-0.15, -0.1) is 0 Å². The monoisotopic (exact) mass is 517 g/mol. The molecule has 8 heteroatoms. The summed E-state index contributed by atoms with van der Waals surface area (Å²) in [5.74, 6) is 0.633. The molecule has 0 aromatic heterocycles. The van der Waals surface area contributed by atoms with Crippen LogP contribution in [-0.4, -0.2) is 58.5 Å². The third-order valence-corrected chi connectivity index (χ3v) is 7.52. The van der Waals surface area contributed by atoms with Crippen molar-refractivity contribution in [3.63, 3.8) is 0 Å².